The van der Waals surface area contributed by atoms with Gasteiger partial charge in [0.05, 0.1) is 13.2 Å². The predicted molar refractivity (Wildman–Crippen MR) is 132 cm³/mol. The van der Waals surface area contributed by atoms with Crippen molar-refractivity contribution in [2.45, 2.75) is 31.6 Å². The summed E-state index contributed by atoms with van der Waals surface area (Å²) in [5.41, 5.74) is 1.81. The Labute approximate surface area is 209 Å². The van der Waals surface area contributed by atoms with Crippen molar-refractivity contribution in [3.63, 3.8) is 0 Å². The van der Waals surface area contributed by atoms with Crippen molar-refractivity contribution < 1.29 is 28.8 Å². The van der Waals surface area contributed by atoms with Crippen LogP contribution in [0, 0.1) is 0 Å². The highest BCUT2D eigenvalue weighted by Crippen LogP contribution is 2.33. The monoisotopic (exact) mass is 497 g/mol. The summed E-state index contributed by atoms with van der Waals surface area (Å²) in [4.78, 5) is 11.7. The van der Waals surface area contributed by atoms with Crippen LogP contribution < -0.4 is 19.5 Å². The third kappa shape index (κ3) is 6.66. The van der Waals surface area contributed by atoms with Crippen LogP contribution in [0.1, 0.15) is 24.2 Å². The molecular formula is C27H28ClNO6. The van der Waals surface area contributed by atoms with Gasteiger partial charge in [-0.3, -0.25) is 0 Å². The molecule has 3 unspecified atom stereocenters. The van der Waals surface area contributed by atoms with Crippen molar-refractivity contribution >= 4 is 17.6 Å². The number of carbonyl (C=O) groups excluding carboxylic acids is 1. The molecule has 4 rings (SSSR count). The third-order valence-electron chi connectivity index (χ3n) is 5.63. The lowest BCUT2D eigenvalue weighted by molar-refractivity contribution is -0.151. The molecule has 184 valence electrons. The molecule has 3 atom stereocenters. The number of nitrogens with one attached hydrogen (secondary N) is 1. The van der Waals surface area contributed by atoms with E-state index < -0.39 is 18.2 Å². The Morgan fingerprint density at radius 1 is 1.11 bits per heavy atom. The molecule has 0 bridgehead atoms. The van der Waals surface area contributed by atoms with Gasteiger partial charge in [0.25, 0.3) is 0 Å². The minimum Gasteiger partial charge on any atom is -0.485 e. The smallest absolute Gasteiger partial charge is 0.350 e. The number of hydrogen-bond donors (Lipinski definition) is 2. The number of esters is 1. The largest absolute Gasteiger partial charge is 0.485 e. The summed E-state index contributed by atoms with van der Waals surface area (Å²) in [6.45, 7) is 2.55. The molecule has 0 radical (unpaired) electrons. The van der Waals surface area contributed by atoms with Crippen molar-refractivity contribution in [1.29, 1.82) is 0 Å². The first-order valence-corrected chi connectivity index (χ1v) is 11.7. The summed E-state index contributed by atoms with van der Waals surface area (Å²) >= 11 is 5.92. The summed E-state index contributed by atoms with van der Waals surface area (Å²) in [6, 6.07) is 20.3. The van der Waals surface area contributed by atoms with Crippen LogP contribution in [0.2, 0.25) is 5.02 Å². The van der Waals surface area contributed by atoms with Crippen LogP contribution >= 0.6 is 11.6 Å². The van der Waals surface area contributed by atoms with E-state index in [0.29, 0.717) is 34.6 Å². The number of aliphatic hydroxyl groups is 1. The van der Waals surface area contributed by atoms with E-state index in [0.717, 1.165) is 17.5 Å². The van der Waals surface area contributed by atoms with Gasteiger partial charge in [0.1, 0.15) is 18.1 Å². The topological polar surface area (TPSA) is 86.3 Å². The maximum absolute atomic E-state index is 11.7. The second kappa shape index (κ2) is 11.4. The first-order chi connectivity index (χ1) is 16.9. The van der Waals surface area contributed by atoms with Gasteiger partial charge in [-0.2, -0.15) is 0 Å². The van der Waals surface area contributed by atoms with E-state index in [9.17, 15) is 9.90 Å². The van der Waals surface area contributed by atoms with Crippen molar-refractivity contribution in [1.82, 2.24) is 5.32 Å². The predicted octanol–water partition coefficient (Wildman–Crippen LogP) is 4.70. The molecule has 1 aliphatic rings. The molecule has 2 N–H and O–H groups in total. The number of halogens is 1. The molecule has 0 aromatic heterocycles. The first kappa shape index (κ1) is 24.9. The number of rotatable bonds is 9. The normalized spacial score (nSPS) is 16.3. The van der Waals surface area contributed by atoms with Crippen molar-refractivity contribution in [2.24, 2.45) is 0 Å². The Balaban J connectivity index is 1.29. The molecule has 8 heteroatoms. The fourth-order valence-corrected chi connectivity index (χ4v) is 3.90. The van der Waals surface area contributed by atoms with E-state index in [1.165, 1.54) is 7.11 Å². The molecule has 1 aliphatic heterocycles. The highest BCUT2D eigenvalue weighted by atomic mass is 35.5. The van der Waals surface area contributed by atoms with E-state index in [-0.39, 0.29) is 12.6 Å². The van der Waals surface area contributed by atoms with E-state index in [4.69, 9.17) is 30.5 Å². The highest BCUT2D eigenvalue weighted by Gasteiger charge is 2.28. The summed E-state index contributed by atoms with van der Waals surface area (Å²) in [6.07, 6.45) is -0.721. The van der Waals surface area contributed by atoms with Crippen molar-refractivity contribution in [3.8, 4) is 23.0 Å². The Morgan fingerprint density at radius 2 is 1.91 bits per heavy atom. The van der Waals surface area contributed by atoms with E-state index in [1.54, 1.807) is 30.3 Å². The average Bonchev–Trinajstić information content (AvgIpc) is 2.88. The molecule has 3 aromatic rings. The van der Waals surface area contributed by atoms with Gasteiger partial charge < -0.3 is 29.4 Å². The molecule has 0 amide bonds. The van der Waals surface area contributed by atoms with Gasteiger partial charge in [-0.1, -0.05) is 29.8 Å². The average molecular weight is 498 g/mol. The fourth-order valence-electron chi connectivity index (χ4n) is 3.77. The zero-order chi connectivity index (χ0) is 24.8. The second-order valence-electron chi connectivity index (χ2n) is 8.38. The van der Waals surface area contributed by atoms with Crippen LogP contribution in [-0.2, 0) is 16.0 Å². The van der Waals surface area contributed by atoms with Gasteiger partial charge in [-0.05, 0) is 73.0 Å². The van der Waals surface area contributed by atoms with Crippen LogP contribution in [0.5, 0.6) is 23.0 Å². The summed E-state index contributed by atoms with van der Waals surface area (Å²) in [5.74, 6) is 1.98. The number of ether oxygens (including phenoxy) is 4. The molecule has 3 aromatic carbocycles. The molecule has 35 heavy (non-hydrogen) atoms. The third-order valence-corrected chi connectivity index (χ3v) is 5.88. The molecule has 0 saturated heterocycles. The molecule has 1 heterocycles. The number of hydrogen-bond acceptors (Lipinski definition) is 7. The summed E-state index contributed by atoms with van der Waals surface area (Å²) < 4.78 is 21.9. The molecule has 0 saturated carbocycles. The van der Waals surface area contributed by atoms with Crippen LogP contribution in [0.15, 0.2) is 66.7 Å². The molecule has 7 nitrogen and oxygen atoms in total. The Hall–Kier alpha value is -3.26. The lowest BCUT2D eigenvalue weighted by Gasteiger charge is -2.25. The first-order valence-electron chi connectivity index (χ1n) is 11.4. The van der Waals surface area contributed by atoms with Crippen molar-refractivity contribution in [3.05, 3.63) is 82.9 Å². The zero-order valence-corrected chi connectivity index (χ0v) is 20.3. The van der Waals surface area contributed by atoms with Crippen molar-refractivity contribution in [2.75, 3.05) is 20.3 Å². The van der Waals surface area contributed by atoms with Gasteiger partial charge >= 0.3 is 5.97 Å². The van der Waals surface area contributed by atoms with E-state index >= 15 is 0 Å². The summed E-state index contributed by atoms with van der Waals surface area (Å²) in [7, 11) is 1.32. The van der Waals surface area contributed by atoms with Gasteiger partial charge in [0.2, 0.25) is 6.10 Å². The van der Waals surface area contributed by atoms with Gasteiger partial charge in [-0.15, -0.1) is 0 Å². The lowest BCUT2D eigenvalue weighted by atomic mass is 10.0. The summed E-state index contributed by atoms with van der Waals surface area (Å²) in [5, 5.41) is 14.7. The Morgan fingerprint density at radius 3 is 2.69 bits per heavy atom. The number of fused-ring (bicyclic) bond motifs is 1. The van der Waals surface area contributed by atoms with Gasteiger partial charge in [0.15, 0.2) is 11.5 Å². The van der Waals surface area contributed by atoms with Crippen LogP contribution in [0.25, 0.3) is 0 Å². The Kier molecular flexibility index (Phi) is 8.13. The number of carbonyl (C=O) groups is 1. The quantitative estimate of drug-likeness (QED) is 0.414. The fraction of sp³-hybridized carbons (Fsp3) is 0.296. The molecule has 0 spiro atoms. The van der Waals surface area contributed by atoms with Crippen LogP contribution in [0.3, 0.4) is 0 Å². The zero-order valence-electron chi connectivity index (χ0n) is 19.6. The number of benzene rings is 3. The maximum Gasteiger partial charge on any atom is 0.350 e. The Bertz CT molecular complexity index is 1150. The molecule has 0 aliphatic carbocycles. The molecule has 0 fully saturated rings. The number of aliphatic hydroxyl groups excluding tert-OH is 1. The maximum atomic E-state index is 11.7. The van der Waals surface area contributed by atoms with Gasteiger partial charge in [-0.25, -0.2) is 4.79 Å². The van der Waals surface area contributed by atoms with Crippen LogP contribution in [-0.4, -0.2) is 43.5 Å². The molecular weight excluding hydrogens is 470 g/mol. The standard InChI is InChI=1S/C27H28ClNO6/c1-17(12-18-6-11-24-25(13-18)33-16-26(35-24)27(31)32-2)29-15-23(30)19-4-3-5-22(14-19)34-21-9-7-20(28)8-10-21/h3-11,13-14,17,23,26,29-30H,12,15-16H2,1-2H3. The number of methoxy groups -OCH3 is 1. The second-order valence-corrected chi connectivity index (χ2v) is 8.82. The highest BCUT2D eigenvalue weighted by molar-refractivity contribution is 6.30. The van der Waals surface area contributed by atoms with Crippen LogP contribution in [0.4, 0.5) is 0 Å². The minimum atomic E-state index is -0.754. The van der Waals surface area contributed by atoms with Gasteiger partial charge in [0, 0.05) is 17.6 Å². The van der Waals surface area contributed by atoms with E-state index in [1.807, 2.05) is 36.4 Å². The minimum absolute atomic E-state index is 0.100. The SMILES string of the molecule is COC(=O)C1COc2cc(CC(C)NCC(O)c3cccc(Oc4ccc(Cl)cc4)c3)ccc2O1. The lowest BCUT2D eigenvalue weighted by Crippen LogP contribution is -2.37. The van der Waals surface area contributed by atoms with E-state index in [2.05, 4.69) is 12.2 Å².